The van der Waals surface area contributed by atoms with E-state index in [9.17, 15) is 4.79 Å². The minimum atomic E-state index is -0.503. The lowest BCUT2D eigenvalue weighted by molar-refractivity contribution is -0.137. The second-order valence-corrected chi connectivity index (χ2v) is 9.85. The smallest absolute Gasteiger partial charge is 0.241 e. The molecule has 3 fully saturated rings. The molecule has 7 heteroatoms. The molecule has 1 amide bonds. The topological polar surface area (TPSA) is 47.6 Å². The van der Waals surface area contributed by atoms with E-state index < -0.39 is 5.66 Å². The van der Waals surface area contributed by atoms with Gasteiger partial charge in [0.05, 0.1) is 6.17 Å². The number of carbonyl (C=O) groups is 1. The standard InChI is InChI=1S/C24H28Cl2N4O/c1-16-27-24(15-29-12-2-3-13-29,28-30(16)23(31)18-4-5-18)19-8-6-17(7-9-19)21-11-10-20(25)14-22(21)26/h6-11,14,16,18,27-28H,2-5,12-13,15H2,1H3. The number of amides is 1. The van der Waals surface area contributed by atoms with E-state index in [1.807, 2.05) is 17.1 Å². The normalized spacial score (nSPS) is 26.5. The van der Waals surface area contributed by atoms with Crippen LogP contribution in [0.1, 0.15) is 38.2 Å². The van der Waals surface area contributed by atoms with Crippen molar-refractivity contribution in [2.24, 2.45) is 5.92 Å². The van der Waals surface area contributed by atoms with Gasteiger partial charge in [0.15, 0.2) is 0 Å². The van der Waals surface area contributed by atoms with Crippen molar-refractivity contribution in [1.29, 1.82) is 0 Å². The Morgan fingerprint density at radius 2 is 1.81 bits per heavy atom. The van der Waals surface area contributed by atoms with Crippen LogP contribution in [0.3, 0.4) is 0 Å². The second-order valence-electron chi connectivity index (χ2n) is 9.00. The maximum Gasteiger partial charge on any atom is 0.241 e. The molecule has 0 radical (unpaired) electrons. The van der Waals surface area contributed by atoms with Gasteiger partial charge in [0.1, 0.15) is 5.66 Å². The van der Waals surface area contributed by atoms with Gasteiger partial charge >= 0.3 is 0 Å². The third-order valence-electron chi connectivity index (χ3n) is 6.60. The lowest BCUT2D eigenvalue weighted by Crippen LogP contribution is -2.56. The van der Waals surface area contributed by atoms with E-state index in [0.29, 0.717) is 10.0 Å². The van der Waals surface area contributed by atoms with Crippen molar-refractivity contribution in [3.63, 3.8) is 0 Å². The summed E-state index contributed by atoms with van der Waals surface area (Å²) in [7, 11) is 0. The van der Waals surface area contributed by atoms with Crippen LogP contribution < -0.4 is 10.7 Å². The summed E-state index contributed by atoms with van der Waals surface area (Å²) < 4.78 is 0. The molecular weight excluding hydrogens is 431 g/mol. The molecule has 0 spiro atoms. The van der Waals surface area contributed by atoms with E-state index in [1.165, 1.54) is 12.8 Å². The number of rotatable bonds is 5. The summed E-state index contributed by atoms with van der Waals surface area (Å²) in [5, 5.41) is 6.79. The van der Waals surface area contributed by atoms with E-state index in [-0.39, 0.29) is 18.0 Å². The van der Waals surface area contributed by atoms with Gasteiger partial charge in [-0.05, 0) is 69.0 Å². The third kappa shape index (κ3) is 4.22. The van der Waals surface area contributed by atoms with Crippen molar-refractivity contribution in [3.8, 4) is 11.1 Å². The van der Waals surface area contributed by atoms with Crippen molar-refractivity contribution in [2.75, 3.05) is 19.6 Å². The second kappa shape index (κ2) is 8.38. The summed E-state index contributed by atoms with van der Waals surface area (Å²) in [4.78, 5) is 15.3. The first kappa shape index (κ1) is 21.2. The van der Waals surface area contributed by atoms with Crippen molar-refractivity contribution in [2.45, 2.75) is 44.4 Å². The van der Waals surface area contributed by atoms with Crippen molar-refractivity contribution in [3.05, 3.63) is 58.1 Å². The van der Waals surface area contributed by atoms with Crippen molar-refractivity contribution in [1.82, 2.24) is 20.7 Å². The number of nitrogens with zero attached hydrogens (tertiary/aromatic N) is 2. The summed E-state index contributed by atoms with van der Waals surface area (Å²) >= 11 is 12.5. The third-order valence-corrected chi connectivity index (χ3v) is 7.15. The Kier molecular flexibility index (Phi) is 5.74. The van der Waals surface area contributed by atoms with Gasteiger partial charge in [0.2, 0.25) is 5.91 Å². The summed E-state index contributed by atoms with van der Waals surface area (Å²) in [6.07, 6.45) is 4.38. The fourth-order valence-electron chi connectivity index (χ4n) is 4.78. The molecule has 2 aromatic carbocycles. The maximum atomic E-state index is 12.9. The predicted octanol–water partition coefficient (Wildman–Crippen LogP) is 4.60. The molecule has 5 rings (SSSR count). The van der Waals surface area contributed by atoms with Crippen LogP contribution in [0, 0.1) is 5.92 Å². The van der Waals surface area contributed by atoms with Crippen molar-refractivity contribution < 1.29 is 4.79 Å². The van der Waals surface area contributed by atoms with Gasteiger partial charge < -0.3 is 0 Å². The predicted molar refractivity (Wildman–Crippen MR) is 125 cm³/mol. The molecule has 1 saturated carbocycles. The van der Waals surface area contributed by atoms with Crippen LogP contribution in [0.4, 0.5) is 0 Å². The molecule has 5 nitrogen and oxygen atoms in total. The molecule has 2 N–H and O–H groups in total. The van der Waals surface area contributed by atoms with Crippen LogP contribution in [-0.2, 0) is 10.5 Å². The van der Waals surface area contributed by atoms with Crippen molar-refractivity contribution >= 4 is 29.1 Å². The number of halogens is 2. The number of carbonyl (C=O) groups excluding carboxylic acids is 1. The molecule has 2 aliphatic heterocycles. The zero-order chi connectivity index (χ0) is 21.6. The Hall–Kier alpha value is -1.63. The molecule has 2 heterocycles. The lowest BCUT2D eigenvalue weighted by atomic mass is 9.96. The van der Waals surface area contributed by atoms with Crippen LogP contribution in [0.15, 0.2) is 42.5 Å². The molecule has 3 aliphatic rings. The first-order chi connectivity index (χ1) is 14.9. The summed E-state index contributed by atoms with van der Waals surface area (Å²) in [5.74, 6) is 0.377. The van der Waals surface area contributed by atoms with E-state index >= 15 is 0 Å². The molecular formula is C24H28Cl2N4O. The quantitative estimate of drug-likeness (QED) is 0.686. The van der Waals surface area contributed by atoms with Crippen LogP contribution in [0.25, 0.3) is 11.1 Å². The largest absolute Gasteiger partial charge is 0.300 e. The van der Waals surface area contributed by atoms with Crippen LogP contribution in [-0.4, -0.2) is 41.6 Å². The summed E-state index contributed by atoms with van der Waals surface area (Å²) in [6, 6.07) is 14.0. The highest BCUT2D eigenvalue weighted by Crippen LogP contribution is 2.36. The minimum absolute atomic E-state index is 0.0684. The lowest BCUT2D eigenvalue weighted by Gasteiger charge is -2.34. The zero-order valence-electron chi connectivity index (χ0n) is 17.7. The zero-order valence-corrected chi connectivity index (χ0v) is 19.2. The number of hydrogen-bond donors (Lipinski definition) is 2. The first-order valence-electron chi connectivity index (χ1n) is 11.1. The number of nitrogens with one attached hydrogen (secondary N) is 2. The maximum absolute atomic E-state index is 12.9. The highest BCUT2D eigenvalue weighted by Gasteiger charge is 2.48. The minimum Gasteiger partial charge on any atom is -0.300 e. The van der Waals surface area contributed by atoms with Crippen LogP contribution >= 0.6 is 23.2 Å². The molecule has 2 aromatic rings. The Bertz CT molecular complexity index is 972. The van der Waals surface area contributed by atoms with E-state index in [0.717, 1.165) is 49.2 Å². The Balaban J connectivity index is 1.45. The fourth-order valence-corrected chi connectivity index (χ4v) is 5.30. The van der Waals surface area contributed by atoms with Crippen LogP contribution in [0.5, 0.6) is 0 Å². The van der Waals surface area contributed by atoms with Gasteiger partial charge in [0.25, 0.3) is 0 Å². The highest BCUT2D eigenvalue weighted by molar-refractivity contribution is 6.36. The molecule has 2 saturated heterocycles. The average Bonchev–Trinajstić information content (AvgIpc) is 3.38. The van der Waals surface area contributed by atoms with Gasteiger partial charge in [-0.25, -0.2) is 5.43 Å². The van der Waals surface area contributed by atoms with Gasteiger partial charge in [-0.3, -0.25) is 20.0 Å². The number of benzene rings is 2. The number of hydrazine groups is 1. The van der Waals surface area contributed by atoms with Crippen LogP contribution in [0.2, 0.25) is 10.0 Å². The number of likely N-dealkylation sites (tertiary alicyclic amines) is 1. The van der Waals surface area contributed by atoms with Gasteiger partial charge in [-0.2, -0.15) is 0 Å². The Morgan fingerprint density at radius 3 is 2.45 bits per heavy atom. The van der Waals surface area contributed by atoms with Gasteiger partial charge in [-0.15, -0.1) is 0 Å². The average molecular weight is 459 g/mol. The van der Waals surface area contributed by atoms with E-state index in [4.69, 9.17) is 23.2 Å². The summed E-state index contributed by atoms with van der Waals surface area (Å²) in [6.45, 7) is 5.05. The van der Waals surface area contributed by atoms with Gasteiger partial charge in [0, 0.05) is 28.1 Å². The fraction of sp³-hybridized carbons (Fsp3) is 0.458. The van der Waals surface area contributed by atoms with E-state index in [2.05, 4.69) is 46.8 Å². The number of hydrogen-bond acceptors (Lipinski definition) is 4. The van der Waals surface area contributed by atoms with E-state index in [1.54, 1.807) is 6.07 Å². The molecule has 2 unspecified atom stereocenters. The SMILES string of the molecule is CC1NC(CN2CCCC2)(c2ccc(-c3ccc(Cl)cc3Cl)cc2)NN1C(=O)C1CC1. The molecule has 31 heavy (non-hydrogen) atoms. The molecule has 0 aromatic heterocycles. The Labute approximate surface area is 193 Å². The van der Waals surface area contributed by atoms with Gasteiger partial charge in [-0.1, -0.05) is 53.5 Å². The summed E-state index contributed by atoms with van der Waals surface area (Å²) in [5.41, 5.74) is 6.19. The molecule has 1 aliphatic carbocycles. The monoisotopic (exact) mass is 458 g/mol. The molecule has 0 bridgehead atoms. The molecule has 2 atom stereocenters. The molecule has 164 valence electrons. The Morgan fingerprint density at radius 1 is 1.10 bits per heavy atom. The highest BCUT2D eigenvalue weighted by atomic mass is 35.5. The first-order valence-corrected chi connectivity index (χ1v) is 11.9.